The maximum atomic E-state index is 13.9. The van der Waals surface area contributed by atoms with Gasteiger partial charge in [-0.15, -0.1) is 0 Å². The van der Waals surface area contributed by atoms with Gasteiger partial charge in [0, 0.05) is 23.7 Å². The van der Waals surface area contributed by atoms with Gasteiger partial charge in [0.15, 0.2) is 0 Å². The van der Waals surface area contributed by atoms with E-state index in [1.807, 2.05) is 30.3 Å². The van der Waals surface area contributed by atoms with Crippen molar-refractivity contribution in [1.29, 1.82) is 0 Å². The number of aromatic nitrogens is 1. The summed E-state index contributed by atoms with van der Waals surface area (Å²) in [5, 5.41) is 0. The Balaban J connectivity index is 1.42. The molecule has 0 bridgehead atoms. The number of imide groups is 1. The van der Waals surface area contributed by atoms with Crippen LogP contribution in [0, 0.1) is 17.8 Å². The summed E-state index contributed by atoms with van der Waals surface area (Å²) in [6, 6.07) is 19.8. The van der Waals surface area contributed by atoms with Gasteiger partial charge in [0.2, 0.25) is 11.8 Å². The number of hydrogen-bond donors (Lipinski definition) is 1. The average molecular weight is 469 g/mol. The minimum absolute atomic E-state index is 0.0339. The van der Waals surface area contributed by atoms with Crippen molar-refractivity contribution < 1.29 is 14.3 Å². The Morgan fingerprint density at radius 2 is 1.77 bits per heavy atom. The van der Waals surface area contributed by atoms with E-state index in [1.54, 1.807) is 7.11 Å². The fraction of sp³-hybridized carbons (Fsp3) is 0.400. The molecule has 1 aromatic heterocycles. The molecule has 1 N–H and O–H groups in total. The lowest BCUT2D eigenvalue weighted by molar-refractivity contribution is -0.123. The normalized spacial score (nSPS) is 27.4. The minimum atomic E-state index is -0.405. The first-order valence-corrected chi connectivity index (χ1v) is 12.9. The van der Waals surface area contributed by atoms with E-state index in [-0.39, 0.29) is 23.7 Å². The maximum absolute atomic E-state index is 13.9. The highest BCUT2D eigenvalue weighted by Gasteiger charge is 2.58. The zero-order valence-corrected chi connectivity index (χ0v) is 20.4. The molecule has 1 saturated carbocycles. The summed E-state index contributed by atoms with van der Waals surface area (Å²) in [5.41, 5.74) is 5.25. The molecule has 2 heterocycles. The fourth-order valence-corrected chi connectivity index (χ4v) is 6.88. The third-order valence-corrected chi connectivity index (χ3v) is 8.61. The summed E-state index contributed by atoms with van der Waals surface area (Å²) in [4.78, 5) is 33.0. The zero-order valence-electron chi connectivity index (χ0n) is 20.4. The van der Waals surface area contributed by atoms with E-state index in [2.05, 4.69) is 42.2 Å². The van der Waals surface area contributed by atoms with Gasteiger partial charge in [-0.3, -0.25) is 9.59 Å². The second-order valence-electron chi connectivity index (χ2n) is 10.4. The van der Waals surface area contributed by atoms with Crippen LogP contribution in [0.25, 0.3) is 0 Å². The van der Waals surface area contributed by atoms with Crippen molar-refractivity contribution in [2.75, 3.05) is 12.0 Å². The summed E-state index contributed by atoms with van der Waals surface area (Å²) < 4.78 is 5.28. The quantitative estimate of drug-likeness (QED) is 0.481. The molecule has 2 fully saturated rings. The number of carbonyl (C=O) groups is 2. The molecule has 2 aliphatic carbocycles. The van der Waals surface area contributed by atoms with Crippen molar-refractivity contribution >= 4 is 17.5 Å². The van der Waals surface area contributed by atoms with E-state index < -0.39 is 5.92 Å². The average Bonchev–Trinajstić information content (AvgIpc) is 3.42. The molecule has 1 aliphatic heterocycles. The van der Waals surface area contributed by atoms with Gasteiger partial charge >= 0.3 is 0 Å². The molecule has 5 nitrogen and oxygen atoms in total. The molecule has 0 spiro atoms. The van der Waals surface area contributed by atoms with E-state index in [0.29, 0.717) is 23.3 Å². The van der Waals surface area contributed by atoms with Crippen LogP contribution in [0.2, 0.25) is 0 Å². The summed E-state index contributed by atoms with van der Waals surface area (Å²) in [6.45, 7) is 2.24. The van der Waals surface area contributed by atoms with Gasteiger partial charge in [0.05, 0.1) is 24.6 Å². The van der Waals surface area contributed by atoms with Gasteiger partial charge in [-0.1, -0.05) is 43.7 Å². The number of ether oxygens (including phenoxy) is 1. The molecule has 0 radical (unpaired) electrons. The smallest absolute Gasteiger partial charge is 0.242 e. The lowest BCUT2D eigenvalue weighted by Crippen LogP contribution is -2.39. The molecule has 3 aromatic rings. The molecule has 35 heavy (non-hydrogen) atoms. The van der Waals surface area contributed by atoms with E-state index in [4.69, 9.17) is 4.74 Å². The van der Waals surface area contributed by atoms with Crippen LogP contribution in [0.4, 0.5) is 5.69 Å². The Kier molecular flexibility index (Phi) is 5.51. The van der Waals surface area contributed by atoms with E-state index >= 15 is 0 Å². The molecular weight excluding hydrogens is 436 g/mol. The summed E-state index contributed by atoms with van der Waals surface area (Å²) in [6.07, 6.45) is 5.21. The summed E-state index contributed by atoms with van der Waals surface area (Å²) >= 11 is 0. The standard InChI is InChI=1S/C30H32N2O3/c1-3-18-9-14-23-24(16-18)26-27(25-17-20(31-28(23)25)15-19-7-5-4-6-8-19)30(34)32(29(26)33)21-10-12-22(35-2)13-11-21/h4-8,10-13,17-18,23-24,26-27,31H,3,9,14-16H2,1-2H3/t18?,23-,24+,26+,27-/m1/s1. The first kappa shape index (κ1) is 22.1. The zero-order chi connectivity index (χ0) is 24.1. The van der Waals surface area contributed by atoms with Crippen molar-refractivity contribution in [3.63, 3.8) is 0 Å². The fourth-order valence-electron chi connectivity index (χ4n) is 6.88. The number of H-pyrrole nitrogens is 1. The van der Waals surface area contributed by atoms with Crippen molar-refractivity contribution in [1.82, 2.24) is 4.98 Å². The molecule has 180 valence electrons. The molecule has 5 atom stereocenters. The number of aromatic amines is 1. The SMILES string of the molecule is CCC1CC[C@H]2c3[nH]c(Cc4ccccc4)cc3[C@H]3C(=O)N(c4ccc(OC)cc4)C(=O)[C@H]3[C@H]2C1. The van der Waals surface area contributed by atoms with Crippen LogP contribution in [0.5, 0.6) is 5.75 Å². The van der Waals surface area contributed by atoms with Crippen molar-refractivity contribution in [3.05, 3.63) is 83.2 Å². The highest BCUT2D eigenvalue weighted by molar-refractivity contribution is 6.24. The third-order valence-electron chi connectivity index (χ3n) is 8.61. The van der Waals surface area contributed by atoms with Crippen LogP contribution in [0.1, 0.15) is 67.0 Å². The van der Waals surface area contributed by atoms with Crippen LogP contribution >= 0.6 is 0 Å². The van der Waals surface area contributed by atoms with Gasteiger partial charge in [-0.25, -0.2) is 4.90 Å². The monoisotopic (exact) mass is 468 g/mol. The van der Waals surface area contributed by atoms with E-state index in [9.17, 15) is 9.59 Å². The predicted octanol–water partition coefficient (Wildman–Crippen LogP) is 5.81. The van der Waals surface area contributed by atoms with E-state index in [1.165, 1.54) is 22.6 Å². The number of rotatable bonds is 5. The number of anilines is 1. The van der Waals surface area contributed by atoms with Gasteiger partial charge in [-0.05, 0) is 72.6 Å². The predicted molar refractivity (Wildman–Crippen MR) is 136 cm³/mol. The van der Waals surface area contributed by atoms with Gasteiger partial charge in [-0.2, -0.15) is 0 Å². The minimum Gasteiger partial charge on any atom is -0.497 e. The first-order chi connectivity index (χ1) is 17.1. The van der Waals surface area contributed by atoms with Crippen LogP contribution in [-0.2, 0) is 16.0 Å². The van der Waals surface area contributed by atoms with Crippen LogP contribution in [0.15, 0.2) is 60.7 Å². The van der Waals surface area contributed by atoms with Gasteiger partial charge < -0.3 is 9.72 Å². The molecule has 2 aromatic carbocycles. The summed E-state index contributed by atoms with van der Waals surface area (Å²) in [7, 11) is 1.61. The molecular formula is C30H32N2O3. The Hall–Kier alpha value is -3.34. The lowest BCUT2D eigenvalue weighted by atomic mass is 9.59. The Bertz CT molecular complexity index is 1250. The first-order valence-electron chi connectivity index (χ1n) is 12.9. The largest absolute Gasteiger partial charge is 0.497 e. The number of hydrogen-bond acceptors (Lipinski definition) is 3. The Labute approximate surface area is 206 Å². The number of nitrogens with one attached hydrogen (secondary N) is 1. The van der Waals surface area contributed by atoms with Crippen molar-refractivity contribution in [3.8, 4) is 5.75 Å². The van der Waals surface area contributed by atoms with E-state index in [0.717, 1.165) is 36.9 Å². The molecule has 6 rings (SSSR count). The molecule has 3 aliphatic rings. The number of methoxy groups -OCH3 is 1. The van der Waals surface area contributed by atoms with Crippen LogP contribution in [0.3, 0.4) is 0 Å². The number of fused-ring (bicyclic) bond motifs is 6. The molecule has 2 amide bonds. The van der Waals surface area contributed by atoms with Crippen LogP contribution in [-0.4, -0.2) is 23.9 Å². The summed E-state index contributed by atoms with van der Waals surface area (Å²) in [5.74, 6) is 1.04. The number of benzene rings is 2. The molecule has 1 unspecified atom stereocenters. The van der Waals surface area contributed by atoms with Crippen molar-refractivity contribution in [2.24, 2.45) is 17.8 Å². The van der Waals surface area contributed by atoms with Crippen molar-refractivity contribution in [2.45, 2.75) is 50.9 Å². The second kappa shape index (κ2) is 8.71. The second-order valence-corrected chi connectivity index (χ2v) is 10.4. The molecule has 1 saturated heterocycles. The molecule has 5 heteroatoms. The number of nitrogens with zero attached hydrogens (tertiary/aromatic N) is 1. The lowest BCUT2D eigenvalue weighted by Gasteiger charge is -2.43. The van der Waals surface area contributed by atoms with Crippen LogP contribution < -0.4 is 9.64 Å². The highest BCUT2D eigenvalue weighted by atomic mass is 16.5. The number of carbonyl (C=O) groups excluding carboxylic acids is 2. The van der Waals surface area contributed by atoms with Gasteiger partial charge in [0.1, 0.15) is 5.75 Å². The van der Waals surface area contributed by atoms with Gasteiger partial charge in [0.25, 0.3) is 0 Å². The topological polar surface area (TPSA) is 62.4 Å². The highest BCUT2D eigenvalue weighted by Crippen LogP contribution is 2.57. The Morgan fingerprint density at radius 1 is 1.00 bits per heavy atom. The maximum Gasteiger partial charge on any atom is 0.242 e. The third kappa shape index (κ3) is 3.60. The number of amides is 2. The Morgan fingerprint density at radius 3 is 2.49 bits per heavy atom.